The second kappa shape index (κ2) is 4.87. The molecule has 1 unspecified atom stereocenters. The van der Waals surface area contributed by atoms with Crippen LogP contribution in [0.25, 0.3) is 0 Å². The Hall–Kier alpha value is -0.870. The van der Waals surface area contributed by atoms with Crippen LogP contribution in [0, 0.1) is 0 Å². The van der Waals surface area contributed by atoms with Crippen LogP contribution in [-0.2, 0) is 4.79 Å². The van der Waals surface area contributed by atoms with Crippen molar-refractivity contribution in [2.24, 2.45) is 0 Å². The normalized spacial score (nSPS) is 12.7. The van der Waals surface area contributed by atoms with Crippen LogP contribution in [0.4, 0.5) is 0 Å². The van der Waals surface area contributed by atoms with E-state index in [0.29, 0.717) is 6.54 Å². The molecule has 0 aliphatic carbocycles. The Morgan fingerprint density at radius 1 is 1.82 bits per heavy atom. The molecule has 0 aliphatic rings. The van der Waals surface area contributed by atoms with Gasteiger partial charge in [-0.25, -0.2) is 0 Å². The third kappa shape index (κ3) is 5.57. The first kappa shape index (κ1) is 10.1. The smallest absolute Gasteiger partial charge is 0.245 e. The van der Waals surface area contributed by atoms with Crippen molar-refractivity contribution >= 4 is 5.91 Å². The number of likely N-dealkylation sites (N-methyl/N-ethyl adjacent to an activating group) is 1. The molecule has 11 heavy (non-hydrogen) atoms. The minimum absolute atomic E-state index is 0.362. The maximum atomic E-state index is 10.6. The minimum Gasteiger partial charge on any atom is -0.372 e. The Bertz CT molecular complexity index is 145. The summed E-state index contributed by atoms with van der Waals surface area (Å²) in [7, 11) is 3.62. The van der Waals surface area contributed by atoms with E-state index in [1.165, 1.54) is 0 Å². The quantitative estimate of drug-likeness (QED) is 0.414. The van der Waals surface area contributed by atoms with Crippen LogP contribution in [0.15, 0.2) is 12.7 Å². The highest BCUT2D eigenvalue weighted by molar-refractivity contribution is 5.86. The van der Waals surface area contributed by atoms with Crippen LogP contribution in [0.1, 0.15) is 0 Å². The van der Waals surface area contributed by atoms with E-state index in [0.717, 1.165) is 6.08 Å². The van der Waals surface area contributed by atoms with Crippen molar-refractivity contribution in [1.82, 2.24) is 10.2 Å². The fraction of sp³-hybridized carbons (Fsp3) is 0.571. The van der Waals surface area contributed by atoms with Gasteiger partial charge >= 0.3 is 0 Å². The molecular weight excluding hydrogens is 144 g/mol. The molecule has 0 heterocycles. The third-order valence-corrected chi connectivity index (χ3v) is 1.03. The largest absolute Gasteiger partial charge is 0.372 e. The average Bonchev–Trinajstić information content (AvgIpc) is 1.85. The van der Waals surface area contributed by atoms with Crippen molar-refractivity contribution in [2.75, 3.05) is 20.6 Å². The van der Waals surface area contributed by atoms with E-state index in [2.05, 4.69) is 11.9 Å². The average molecular weight is 158 g/mol. The molecule has 0 saturated heterocycles. The van der Waals surface area contributed by atoms with Gasteiger partial charge in [0, 0.05) is 6.54 Å². The van der Waals surface area contributed by atoms with E-state index in [1.807, 2.05) is 14.1 Å². The molecule has 0 radical (unpaired) electrons. The maximum Gasteiger partial charge on any atom is 0.245 e. The number of amides is 1. The molecule has 1 amide bonds. The lowest BCUT2D eigenvalue weighted by atomic mass is 10.5. The van der Waals surface area contributed by atoms with Gasteiger partial charge in [0.25, 0.3) is 0 Å². The summed E-state index contributed by atoms with van der Waals surface area (Å²) >= 11 is 0. The Labute approximate surface area is 66.5 Å². The highest BCUT2D eigenvalue weighted by Crippen LogP contribution is 1.81. The van der Waals surface area contributed by atoms with Crippen LogP contribution in [0.2, 0.25) is 0 Å². The van der Waals surface area contributed by atoms with E-state index in [-0.39, 0.29) is 5.91 Å². The van der Waals surface area contributed by atoms with Crippen molar-refractivity contribution in [3.63, 3.8) is 0 Å². The molecule has 4 nitrogen and oxygen atoms in total. The Kier molecular flexibility index (Phi) is 4.49. The molecule has 0 saturated carbocycles. The van der Waals surface area contributed by atoms with Crippen LogP contribution in [0.5, 0.6) is 0 Å². The zero-order valence-corrected chi connectivity index (χ0v) is 6.87. The molecule has 0 spiro atoms. The number of hydrogen-bond donors (Lipinski definition) is 2. The molecule has 4 heteroatoms. The summed E-state index contributed by atoms with van der Waals surface area (Å²) in [4.78, 5) is 12.4. The number of carbonyl (C=O) groups is 1. The number of rotatable bonds is 4. The van der Waals surface area contributed by atoms with Crippen LogP contribution >= 0.6 is 0 Å². The number of aliphatic hydroxyl groups excluding tert-OH is 1. The van der Waals surface area contributed by atoms with E-state index in [1.54, 1.807) is 4.90 Å². The van der Waals surface area contributed by atoms with Gasteiger partial charge in [-0.05, 0) is 20.2 Å². The fourth-order valence-electron chi connectivity index (χ4n) is 0.615. The molecular formula is C7H14N2O2. The second-order valence-electron chi connectivity index (χ2n) is 2.49. The van der Waals surface area contributed by atoms with E-state index >= 15 is 0 Å². The van der Waals surface area contributed by atoms with E-state index in [9.17, 15) is 4.79 Å². The highest BCUT2D eigenvalue weighted by atomic mass is 16.3. The molecule has 2 N–H and O–H groups in total. The van der Waals surface area contributed by atoms with Gasteiger partial charge in [0.05, 0.1) is 0 Å². The number of carbonyl (C=O) groups excluding carboxylic acids is 1. The van der Waals surface area contributed by atoms with Crippen molar-refractivity contribution in [2.45, 2.75) is 6.23 Å². The number of hydrogen-bond acceptors (Lipinski definition) is 3. The van der Waals surface area contributed by atoms with Gasteiger partial charge in [-0.15, -0.1) is 0 Å². The van der Waals surface area contributed by atoms with Gasteiger partial charge in [0.2, 0.25) is 5.91 Å². The molecule has 1 atom stereocenters. The van der Waals surface area contributed by atoms with E-state index < -0.39 is 6.23 Å². The molecule has 0 bridgehead atoms. The molecule has 0 fully saturated rings. The van der Waals surface area contributed by atoms with Gasteiger partial charge < -0.3 is 15.3 Å². The SMILES string of the molecule is C=CC(=O)NC(O)CN(C)C. The Balaban J connectivity index is 3.59. The zero-order chi connectivity index (χ0) is 8.85. The minimum atomic E-state index is -0.824. The predicted molar refractivity (Wildman–Crippen MR) is 42.9 cm³/mol. The first-order valence-electron chi connectivity index (χ1n) is 3.32. The summed E-state index contributed by atoms with van der Waals surface area (Å²) in [5.74, 6) is -0.362. The number of nitrogens with zero attached hydrogens (tertiary/aromatic N) is 1. The van der Waals surface area contributed by atoms with Gasteiger partial charge in [0.1, 0.15) is 6.23 Å². The third-order valence-electron chi connectivity index (χ3n) is 1.03. The Morgan fingerprint density at radius 3 is 2.73 bits per heavy atom. The van der Waals surface area contributed by atoms with Gasteiger partial charge in [0.15, 0.2) is 0 Å². The second-order valence-corrected chi connectivity index (χ2v) is 2.49. The molecule has 0 aromatic rings. The molecule has 0 aliphatic heterocycles. The standard InChI is InChI=1S/C7H14N2O2/c1-4-6(10)8-7(11)5-9(2)3/h4,7,11H,1,5H2,2-3H3,(H,8,10). The van der Waals surface area contributed by atoms with Crippen LogP contribution in [0.3, 0.4) is 0 Å². The van der Waals surface area contributed by atoms with Gasteiger partial charge in [-0.1, -0.05) is 6.58 Å². The summed E-state index contributed by atoms with van der Waals surface area (Å²) < 4.78 is 0. The molecule has 0 aromatic carbocycles. The van der Waals surface area contributed by atoms with Crippen molar-refractivity contribution in [1.29, 1.82) is 0 Å². The first-order chi connectivity index (χ1) is 5.06. The van der Waals surface area contributed by atoms with Gasteiger partial charge in [-0.2, -0.15) is 0 Å². The summed E-state index contributed by atoms with van der Waals surface area (Å²) in [5.41, 5.74) is 0. The molecule has 0 rings (SSSR count). The predicted octanol–water partition coefficient (Wildman–Crippen LogP) is -0.831. The number of aliphatic hydroxyl groups is 1. The van der Waals surface area contributed by atoms with Crippen LogP contribution < -0.4 is 5.32 Å². The van der Waals surface area contributed by atoms with Crippen molar-refractivity contribution < 1.29 is 9.90 Å². The summed E-state index contributed by atoms with van der Waals surface area (Å²) in [6, 6.07) is 0. The summed E-state index contributed by atoms with van der Waals surface area (Å²) in [5, 5.41) is 11.4. The lowest BCUT2D eigenvalue weighted by molar-refractivity contribution is -0.119. The first-order valence-corrected chi connectivity index (χ1v) is 3.32. The fourth-order valence-corrected chi connectivity index (χ4v) is 0.615. The zero-order valence-electron chi connectivity index (χ0n) is 6.87. The van der Waals surface area contributed by atoms with Crippen LogP contribution in [-0.4, -0.2) is 42.8 Å². The van der Waals surface area contributed by atoms with Crippen molar-refractivity contribution in [3.05, 3.63) is 12.7 Å². The molecule has 64 valence electrons. The lowest BCUT2D eigenvalue weighted by Gasteiger charge is -2.15. The molecule has 0 aromatic heterocycles. The topological polar surface area (TPSA) is 52.6 Å². The summed E-state index contributed by atoms with van der Waals surface area (Å²) in [6.07, 6.45) is 0.300. The monoisotopic (exact) mass is 158 g/mol. The highest BCUT2D eigenvalue weighted by Gasteiger charge is 2.05. The lowest BCUT2D eigenvalue weighted by Crippen LogP contribution is -2.40. The van der Waals surface area contributed by atoms with Gasteiger partial charge in [-0.3, -0.25) is 4.79 Å². The Morgan fingerprint density at radius 2 is 2.36 bits per heavy atom. The van der Waals surface area contributed by atoms with Crippen molar-refractivity contribution in [3.8, 4) is 0 Å². The summed E-state index contributed by atoms with van der Waals surface area (Å²) in [6.45, 7) is 3.66. The van der Waals surface area contributed by atoms with E-state index in [4.69, 9.17) is 5.11 Å². The maximum absolute atomic E-state index is 10.6. The number of nitrogens with one attached hydrogen (secondary N) is 1.